The van der Waals surface area contributed by atoms with E-state index in [9.17, 15) is 0 Å². The predicted octanol–water partition coefficient (Wildman–Crippen LogP) is 5.09. The van der Waals surface area contributed by atoms with E-state index >= 15 is 0 Å². The van der Waals surface area contributed by atoms with Gasteiger partial charge in [-0.15, -0.1) is 0 Å². The molecule has 1 heterocycles. The molecular formula is C28H32N2O. The van der Waals surface area contributed by atoms with Crippen molar-refractivity contribution < 1.29 is 4.74 Å². The summed E-state index contributed by atoms with van der Waals surface area (Å²) in [7, 11) is 1.72. The van der Waals surface area contributed by atoms with Gasteiger partial charge in [-0.3, -0.25) is 9.80 Å². The lowest BCUT2D eigenvalue weighted by Crippen LogP contribution is -2.47. The van der Waals surface area contributed by atoms with Crippen LogP contribution in [0.5, 0.6) is 5.75 Å². The lowest BCUT2D eigenvalue weighted by molar-refractivity contribution is 0.0641. The molecule has 3 aromatic rings. The minimum atomic E-state index is 0.360. The summed E-state index contributed by atoms with van der Waals surface area (Å²) < 4.78 is 5.30. The van der Waals surface area contributed by atoms with Crippen LogP contribution < -0.4 is 4.74 Å². The number of rotatable bonds is 5. The summed E-state index contributed by atoms with van der Waals surface area (Å²) in [4.78, 5) is 5.34. The second kappa shape index (κ2) is 9.25. The van der Waals surface area contributed by atoms with Crippen molar-refractivity contribution in [2.45, 2.75) is 31.7 Å². The van der Waals surface area contributed by atoms with Crippen molar-refractivity contribution in [3.05, 3.63) is 101 Å². The van der Waals surface area contributed by atoms with Gasteiger partial charge >= 0.3 is 0 Å². The number of fused-ring (bicyclic) bond motifs is 2. The lowest BCUT2D eigenvalue weighted by Gasteiger charge is -2.41. The molecule has 3 nitrogen and oxygen atoms in total. The Morgan fingerprint density at radius 2 is 1.45 bits per heavy atom. The molecule has 3 heteroatoms. The van der Waals surface area contributed by atoms with Crippen LogP contribution in [-0.2, 0) is 19.3 Å². The first-order chi connectivity index (χ1) is 15.3. The Kier molecular flexibility index (Phi) is 6.06. The maximum Gasteiger partial charge on any atom is 0.118 e. The fraction of sp³-hybridized carbons (Fsp3) is 0.357. The molecule has 1 aliphatic carbocycles. The summed E-state index contributed by atoms with van der Waals surface area (Å²) in [6, 6.07) is 27.1. The van der Waals surface area contributed by atoms with Crippen LogP contribution in [-0.4, -0.2) is 43.2 Å². The molecule has 160 valence electrons. The third-order valence-electron chi connectivity index (χ3n) is 6.91. The second-order valence-electron chi connectivity index (χ2n) is 8.82. The monoisotopic (exact) mass is 412 g/mol. The summed E-state index contributed by atoms with van der Waals surface area (Å²) >= 11 is 0. The zero-order valence-corrected chi connectivity index (χ0v) is 18.5. The smallest absolute Gasteiger partial charge is 0.118 e. The van der Waals surface area contributed by atoms with Crippen LogP contribution in [0.1, 0.15) is 40.3 Å². The van der Waals surface area contributed by atoms with Crippen molar-refractivity contribution in [2.75, 3.05) is 33.4 Å². The normalized spacial score (nSPS) is 17.6. The van der Waals surface area contributed by atoms with E-state index in [1.807, 2.05) is 0 Å². The molecular weight excluding hydrogens is 380 g/mol. The third-order valence-corrected chi connectivity index (χ3v) is 6.91. The van der Waals surface area contributed by atoms with Crippen LogP contribution in [0.25, 0.3) is 0 Å². The summed E-state index contributed by atoms with van der Waals surface area (Å²) in [6.45, 7) is 4.47. The number of hydrogen-bond donors (Lipinski definition) is 0. The molecule has 0 unspecified atom stereocenters. The molecule has 3 aromatic carbocycles. The quantitative estimate of drug-likeness (QED) is 0.580. The Balaban J connectivity index is 1.36. The molecule has 0 aromatic heterocycles. The van der Waals surface area contributed by atoms with Crippen molar-refractivity contribution >= 4 is 0 Å². The molecule has 0 atom stereocenters. The maximum absolute atomic E-state index is 5.30. The molecule has 1 fully saturated rings. The first kappa shape index (κ1) is 20.3. The fourth-order valence-electron chi connectivity index (χ4n) is 5.26. The van der Waals surface area contributed by atoms with Gasteiger partial charge in [-0.25, -0.2) is 0 Å². The van der Waals surface area contributed by atoms with Gasteiger partial charge in [-0.1, -0.05) is 60.7 Å². The number of aryl methyl sites for hydroxylation is 2. The van der Waals surface area contributed by atoms with Crippen LogP contribution in [0.4, 0.5) is 0 Å². The number of benzene rings is 3. The van der Waals surface area contributed by atoms with Gasteiger partial charge < -0.3 is 4.74 Å². The Hall–Kier alpha value is -2.62. The highest BCUT2D eigenvalue weighted by Gasteiger charge is 2.31. The number of nitrogens with zero attached hydrogens (tertiary/aromatic N) is 2. The molecule has 0 bridgehead atoms. The van der Waals surface area contributed by atoms with Crippen LogP contribution >= 0.6 is 0 Å². The second-order valence-corrected chi connectivity index (χ2v) is 8.82. The molecule has 1 aliphatic heterocycles. The Labute approximate surface area is 186 Å². The number of ether oxygens (including phenoxy) is 1. The Morgan fingerprint density at radius 1 is 0.806 bits per heavy atom. The predicted molar refractivity (Wildman–Crippen MR) is 127 cm³/mol. The van der Waals surface area contributed by atoms with E-state index in [4.69, 9.17) is 4.74 Å². The fourth-order valence-corrected chi connectivity index (χ4v) is 5.26. The van der Waals surface area contributed by atoms with Crippen LogP contribution in [0.15, 0.2) is 72.8 Å². The van der Waals surface area contributed by atoms with E-state index in [1.54, 1.807) is 7.11 Å². The first-order valence-corrected chi connectivity index (χ1v) is 11.6. The van der Waals surface area contributed by atoms with Crippen LogP contribution in [0, 0.1) is 0 Å². The van der Waals surface area contributed by atoms with Crippen molar-refractivity contribution in [1.29, 1.82) is 0 Å². The van der Waals surface area contributed by atoms with E-state index in [0.717, 1.165) is 44.8 Å². The van der Waals surface area contributed by atoms with Gasteiger partial charge in [0.25, 0.3) is 0 Å². The van der Waals surface area contributed by atoms with E-state index < -0.39 is 0 Å². The molecule has 31 heavy (non-hydrogen) atoms. The van der Waals surface area contributed by atoms with Gasteiger partial charge in [0.2, 0.25) is 0 Å². The molecule has 0 saturated carbocycles. The summed E-state index contributed by atoms with van der Waals surface area (Å²) in [5.41, 5.74) is 7.41. The third kappa shape index (κ3) is 4.39. The van der Waals surface area contributed by atoms with E-state index in [0.29, 0.717) is 6.04 Å². The highest BCUT2D eigenvalue weighted by molar-refractivity contribution is 5.44. The topological polar surface area (TPSA) is 15.7 Å². The molecule has 0 radical (unpaired) electrons. The van der Waals surface area contributed by atoms with E-state index in [1.165, 1.54) is 40.8 Å². The Morgan fingerprint density at radius 3 is 2.10 bits per heavy atom. The zero-order valence-electron chi connectivity index (χ0n) is 18.5. The van der Waals surface area contributed by atoms with Gasteiger partial charge in [0, 0.05) is 19.6 Å². The average Bonchev–Trinajstić information content (AvgIpc) is 3.00. The van der Waals surface area contributed by atoms with Crippen molar-refractivity contribution in [1.82, 2.24) is 9.80 Å². The minimum Gasteiger partial charge on any atom is -0.497 e. The summed E-state index contributed by atoms with van der Waals surface area (Å²) in [6.07, 6.45) is 4.58. The largest absolute Gasteiger partial charge is 0.497 e. The van der Waals surface area contributed by atoms with Gasteiger partial charge in [0.05, 0.1) is 19.8 Å². The van der Waals surface area contributed by atoms with Crippen molar-refractivity contribution in [3.8, 4) is 5.75 Å². The number of hydrogen-bond acceptors (Lipinski definition) is 3. The van der Waals surface area contributed by atoms with Crippen LogP contribution in [0.3, 0.4) is 0 Å². The highest BCUT2D eigenvalue weighted by Crippen LogP contribution is 2.37. The van der Waals surface area contributed by atoms with Gasteiger partial charge in [0.15, 0.2) is 0 Å². The SMILES string of the molecule is COc1ccc(CCN2CCCN(C3c4ccccc4CCc4ccccc43)C2)cc1. The van der Waals surface area contributed by atoms with Gasteiger partial charge in [-0.05, 0) is 65.6 Å². The van der Waals surface area contributed by atoms with Gasteiger partial charge in [-0.2, -0.15) is 0 Å². The molecule has 1 saturated heterocycles. The molecule has 0 amide bonds. The van der Waals surface area contributed by atoms with E-state index in [2.05, 4.69) is 82.6 Å². The molecule has 0 spiro atoms. The zero-order chi connectivity index (χ0) is 21.0. The average molecular weight is 413 g/mol. The summed E-state index contributed by atoms with van der Waals surface area (Å²) in [5.74, 6) is 0.929. The standard InChI is InChI=1S/C28H32N2O/c1-31-25-15-11-22(12-16-25)17-20-29-18-6-19-30(21-29)28-26-9-4-2-7-23(26)13-14-24-8-3-5-10-27(24)28/h2-5,7-12,15-16,28H,6,13-14,17-21H2,1H3. The first-order valence-electron chi connectivity index (χ1n) is 11.6. The van der Waals surface area contributed by atoms with Gasteiger partial charge in [0.1, 0.15) is 5.75 Å². The maximum atomic E-state index is 5.30. The summed E-state index contributed by atoms with van der Waals surface area (Å²) in [5, 5.41) is 0. The molecule has 2 aliphatic rings. The van der Waals surface area contributed by atoms with Crippen molar-refractivity contribution in [2.24, 2.45) is 0 Å². The molecule has 5 rings (SSSR count). The number of methoxy groups -OCH3 is 1. The Bertz CT molecular complexity index is 966. The lowest BCUT2D eigenvalue weighted by atomic mass is 9.93. The molecule has 0 N–H and O–H groups in total. The van der Waals surface area contributed by atoms with Crippen molar-refractivity contribution in [3.63, 3.8) is 0 Å². The highest BCUT2D eigenvalue weighted by atomic mass is 16.5. The minimum absolute atomic E-state index is 0.360. The van der Waals surface area contributed by atoms with Crippen LogP contribution in [0.2, 0.25) is 0 Å². The van der Waals surface area contributed by atoms with E-state index in [-0.39, 0.29) is 0 Å².